The first-order valence-corrected chi connectivity index (χ1v) is 8.15. The van der Waals surface area contributed by atoms with Crippen LogP contribution < -0.4 is 10.6 Å². The fourth-order valence-corrected chi connectivity index (χ4v) is 4.07. The number of hydrogen-bond acceptors (Lipinski definition) is 4. The Kier molecular flexibility index (Phi) is 3.39. The molecule has 1 aromatic rings. The minimum absolute atomic E-state index is 0.0964. The van der Waals surface area contributed by atoms with Gasteiger partial charge >= 0.3 is 0 Å². The second kappa shape index (κ2) is 5.06. The molecule has 20 heavy (non-hydrogen) atoms. The Morgan fingerprint density at radius 3 is 2.75 bits per heavy atom. The normalized spacial score (nSPS) is 19.9. The van der Waals surface area contributed by atoms with E-state index in [1.807, 2.05) is 6.07 Å². The molecule has 108 valence electrons. The summed E-state index contributed by atoms with van der Waals surface area (Å²) in [5.74, 6) is -0.0964. The summed E-state index contributed by atoms with van der Waals surface area (Å²) in [7, 11) is -3.52. The van der Waals surface area contributed by atoms with Crippen molar-refractivity contribution < 1.29 is 13.2 Å². The molecule has 0 radical (unpaired) electrons. The van der Waals surface area contributed by atoms with Gasteiger partial charge in [0.05, 0.1) is 4.90 Å². The molecule has 1 amide bonds. The van der Waals surface area contributed by atoms with Crippen molar-refractivity contribution in [2.75, 3.05) is 31.5 Å². The van der Waals surface area contributed by atoms with Gasteiger partial charge in [-0.2, -0.15) is 4.31 Å². The Bertz CT molecular complexity index is 642. The average Bonchev–Trinajstić information content (AvgIpc) is 2.78. The molecule has 0 bridgehead atoms. The molecule has 0 aromatic heterocycles. The molecule has 0 saturated carbocycles. The Morgan fingerprint density at radius 1 is 1.05 bits per heavy atom. The molecule has 0 aliphatic carbocycles. The predicted molar refractivity (Wildman–Crippen MR) is 75.0 cm³/mol. The third kappa shape index (κ3) is 2.38. The summed E-state index contributed by atoms with van der Waals surface area (Å²) in [6.07, 6.45) is 1.06. The van der Waals surface area contributed by atoms with Crippen LogP contribution in [0.1, 0.15) is 12.0 Å². The minimum atomic E-state index is -3.52. The molecule has 2 aliphatic heterocycles. The fourth-order valence-electron chi connectivity index (χ4n) is 2.58. The van der Waals surface area contributed by atoms with Gasteiger partial charge in [-0.05, 0) is 30.2 Å². The fraction of sp³-hybridized carbons (Fsp3) is 0.462. The van der Waals surface area contributed by atoms with Crippen molar-refractivity contribution in [2.45, 2.75) is 17.7 Å². The number of fused-ring (bicyclic) bond motifs is 1. The number of nitrogens with zero attached hydrogens (tertiary/aromatic N) is 1. The maximum Gasteiger partial charge on any atom is 0.243 e. The van der Waals surface area contributed by atoms with Crippen molar-refractivity contribution in [3.63, 3.8) is 0 Å². The monoisotopic (exact) mass is 295 g/mol. The standard InChI is InChI=1S/C13H17N3O3S/c17-13-4-7-16(8-6-15-13)20(18,19)11-1-2-12-10(9-11)3-5-14-12/h1-2,9,14H,3-8H2,(H,15,17). The molecular formula is C13H17N3O3S. The lowest BCUT2D eigenvalue weighted by Crippen LogP contribution is -2.34. The average molecular weight is 295 g/mol. The second-order valence-corrected chi connectivity index (χ2v) is 6.94. The third-order valence-corrected chi connectivity index (χ3v) is 5.59. The Balaban J connectivity index is 1.89. The lowest BCUT2D eigenvalue weighted by molar-refractivity contribution is -0.120. The van der Waals surface area contributed by atoms with Crippen molar-refractivity contribution in [2.24, 2.45) is 0 Å². The van der Waals surface area contributed by atoms with Gasteiger partial charge in [0.15, 0.2) is 0 Å². The van der Waals surface area contributed by atoms with Crippen LogP contribution in [0.5, 0.6) is 0 Å². The first-order chi connectivity index (χ1) is 9.57. The number of amides is 1. The quantitative estimate of drug-likeness (QED) is 0.815. The van der Waals surface area contributed by atoms with Crippen LogP contribution in [0.4, 0.5) is 5.69 Å². The number of benzene rings is 1. The van der Waals surface area contributed by atoms with Gasteiger partial charge in [-0.1, -0.05) is 0 Å². The van der Waals surface area contributed by atoms with Crippen LogP contribution in [-0.2, 0) is 21.2 Å². The van der Waals surface area contributed by atoms with E-state index in [4.69, 9.17) is 0 Å². The number of nitrogens with one attached hydrogen (secondary N) is 2. The number of carbonyl (C=O) groups excluding carboxylic acids is 1. The molecule has 2 aliphatic rings. The number of carbonyl (C=O) groups is 1. The van der Waals surface area contributed by atoms with E-state index in [1.165, 1.54) is 4.31 Å². The molecule has 1 fully saturated rings. The molecular weight excluding hydrogens is 278 g/mol. The van der Waals surface area contributed by atoms with Gasteiger partial charge < -0.3 is 10.6 Å². The van der Waals surface area contributed by atoms with Gasteiger partial charge in [-0.15, -0.1) is 0 Å². The highest BCUT2D eigenvalue weighted by atomic mass is 32.2. The molecule has 6 nitrogen and oxygen atoms in total. The van der Waals surface area contributed by atoms with Crippen LogP contribution in [0.15, 0.2) is 23.1 Å². The summed E-state index contributed by atoms with van der Waals surface area (Å²) < 4.78 is 26.6. The molecule has 1 aromatic carbocycles. The zero-order valence-corrected chi connectivity index (χ0v) is 11.9. The maximum absolute atomic E-state index is 12.6. The summed E-state index contributed by atoms with van der Waals surface area (Å²) in [6.45, 7) is 1.78. The maximum atomic E-state index is 12.6. The van der Waals surface area contributed by atoms with E-state index >= 15 is 0 Å². The topological polar surface area (TPSA) is 78.5 Å². The van der Waals surface area contributed by atoms with Gasteiger partial charge in [0.25, 0.3) is 0 Å². The van der Waals surface area contributed by atoms with Gasteiger partial charge in [0, 0.05) is 38.3 Å². The molecule has 0 atom stereocenters. The van der Waals surface area contributed by atoms with E-state index in [2.05, 4.69) is 10.6 Å². The summed E-state index contributed by atoms with van der Waals surface area (Å²) in [4.78, 5) is 11.6. The Hall–Kier alpha value is -1.60. The summed E-state index contributed by atoms with van der Waals surface area (Å²) in [5.41, 5.74) is 2.05. The molecule has 3 rings (SSSR count). The van der Waals surface area contributed by atoms with Crippen molar-refractivity contribution in [3.05, 3.63) is 23.8 Å². The van der Waals surface area contributed by atoms with Crippen LogP contribution >= 0.6 is 0 Å². The van der Waals surface area contributed by atoms with Crippen LogP contribution in [0.25, 0.3) is 0 Å². The highest BCUT2D eigenvalue weighted by Crippen LogP contribution is 2.26. The van der Waals surface area contributed by atoms with Crippen LogP contribution in [-0.4, -0.2) is 44.8 Å². The number of sulfonamides is 1. The van der Waals surface area contributed by atoms with Crippen molar-refractivity contribution in [3.8, 4) is 0 Å². The predicted octanol–water partition coefficient (Wildman–Crippen LogP) is 0.165. The third-order valence-electron chi connectivity index (χ3n) is 3.70. The van der Waals surface area contributed by atoms with Crippen molar-refractivity contribution in [1.29, 1.82) is 0 Å². The number of hydrogen-bond donors (Lipinski definition) is 2. The Labute approximate surface area is 118 Å². The first kappa shape index (κ1) is 13.4. The van der Waals surface area contributed by atoms with E-state index in [0.29, 0.717) is 18.0 Å². The van der Waals surface area contributed by atoms with Crippen LogP contribution in [0.2, 0.25) is 0 Å². The van der Waals surface area contributed by atoms with Crippen LogP contribution in [0.3, 0.4) is 0 Å². The van der Waals surface area contributed by atoms with Crippen LogP contribution in [0, 0.1) is 0 Å². The largest absolute Gasteiger partial charge is 0.384 e. The molecule has 7 heteroatoms. The first-order valence-electron chi connectivity index (χ1n) is 6.71. The Morgan fingerprint density at radius 2 is 1.90 bits per heavy atom. The van der Waals surface area contributed by atoms with Gasteiger partial charge in [-0.25, -0.2) is 8.42 Å². The molecule has 0 unspecified atom stereocenters. The van der Waals surface area contributed by atoms with E-state index in [0.717, 1.165) is 24.2 Å². The van der Waals surface area contributed by atoms with Crippen molar-refractivity contribution in [1.82, 2.24) is 9.62 Å². The van der Waals surface area contributed by atoms with Gasteiger partial charge in [-0.3, -0.25) is 4.79 Å². The molecule has 2 heterocycles. The smallest absolute Gasteiger partial charge is 0.243 e. The lowest BCUT2D eigenvalue weighted by atomic mass is 10.2. The highest BCUT2D eigenvalue weighted by molar-refractivity contribution is 7.89. The van der Waals surface area contributed by atoms with E-state index in [9.17, 15) is 13.2 Å². The van der Waals surface area contributed by atoms with E-state index in [-0.39, 0.29) is 18.9 Å². The SMILES string of the molecule is O=C1CCN(S(=O)(=O)c2ccc3c(c2)CCN3)CCN1. The zero-order valence-electron chi connectivity index (χ0n) is 11.1. The van der Waals surface area contributed by atoms with Crippen molar-refractivity contribution >= 4 is 21.6 Å². The van der Waals surface area contributed by atoms with E-state index in [1.54, 1.807) is 12.1 Å². The second-order valence-electron chi connectivity index (χ2n) is 5.00. The summed E-state index contributed by atoms with van der Waals surface area (Å²) >= 11 is 0. The number of anilines is 1. The molecule has 0 spiro atoms. The zero-order chi connectivity index (χ0) is 14.2. The number of rotatable bonds is 2. The van der Waals surface area contributed by atoms with Gasteiger partial charge in [0.1, 0.15) is 0 Å². The highest BCUT2D eigenvalue weighted by Gasteiger charge is 2.27. The lowest BCUT2D eigenvalue weighted by Gasteiger charge is -2.19. The summed E-state index contributed by atoms with van der Waals surface area (Å²) in [5, 5.41) is 5.90. The van der Waals surface area contributed by atoms with Gasteiger partial charge in [0.2, 0.25) is 15.9 Å². The van der Waals surface area contributed by atoms with E-state index < -0.39 is 10.0 Å². The molecule has 2 N–H and O–H groups in total. The summed E-state index contributed by atoms with van der Waals surface area (Å²) in [6, 6.07) is 5.19. The minimum Gasteiger partial charge on any atom is -0.384 e. The molecule has 1 saturated heterocycles.